The molecule has 3 atom stereocenters. The average molecular weight is 548 g/mol. The van der Waals surface area contributed by atoms with Crippen LogP contribution in [-0.2, 0) is 35.0 Å². The van der Waals surface area contributed by atoms with Crippen molar-refractivity contribution in [1.29, 1.82) is 0 Å². The van der Waals surface area contributed by atoms with Crippen LogP contribution in [-0.4, -0.2) is 72.7 Å². The predicted octanol–water partition coefficient (Wildman–Crippen LogP) is 3.38. The Morgan fingerprint density at radius 3 is 2.53 bits per heavy atom. The highest BCUT2D eigenvalue weighted by atomic mass is 79.9. The zero-order valence-electron chi connectivity index (χ0n) is 20.5. The van der Waals surface area contributed by atoms with E-state index in [2.05, 4.69) is 15.9 Å². The smallest absolute Gasteiger partial charge is 0.417 e. The van der Waals surface area contributed by atoms with E-state index in [0.29, 0.717) is 29.7 Å². The Morgan fingerprint density at radius 2 is 1.97 bits per heavy atom. The molecule has 0 aliphatic carbocycles. The van der Waals surface area contributed by atoms with Gasteiger partial charge in [-0.15, -0.1) is 0 Å². The third-order valence-corrected chi connectivity index (χ3v) is 6.13. The number of furan rings is 1. The summed E-state index contributed by atoms with van der Waals surface area (Å²) in [6.07, 6.45) is -2.21. The minimum Gasteiger partial charge on any atom is -0.461 e. The first-order valence-electron chi connectivity index (χ1n) is 11.2. The molecule has 2 rings (SSSR count). The van der Waals surface area contributed by atoms with Crippen LogP contribution in [0.4, 0.5) is 4.79 Å². The molecule has 1 aliphatic heterocycles. The van der Waals surface area contributed by atoms with Crippen molar-refractivity contribution in [2.24, 2.45) is 5.92 Å². The number of aliphatic hydroxyl groups excluding tert-OH is 1. The number of imide groups is 1. The van der Waals surface area contributed by atoms with Gasteiger partial charge in [-0.05, 0) is 48.2 Å². The number of aryl methyl sites for hydroxylation is 1. The van der Waals surface area contributed by atoms with E-state index in [9.17, 15) is 14.4 Å². The van der Waals surface area contributed by atoms with Crippen molar-refractivity contribution in [3.63, 3.8) is 0 Å². The maximum atomic E-state index is 13.6. The van der Waals surface area contributed by atoms with Gasteiger partial charge in [0.25, 0.3) is 5.91 Å². The third-order valence-electron chi connectivity index (χ3n) is 5.46. The van der Waals surface area contributed by atoms with Gasteiger partial charge in [0.1, 0.15) is 17.1 Å². The molecule has 0 saturated carbocycles. The van der Waals surface area contributed by atoms with Crippen LogP contribution in [0.2, 0.25) is 0 Å². The van der Waals surface area contributed by atoms with Gasteiger partial charge in [0.05, 0.1) is 23.7 Å². The molecule has 0 aromatic carbocycles. The minimum atomic E-state index is -1.34. The van der Waals surface area contributed by atoms with Crippen LogP contribution in [0.1, 0.15) is 58.7 Å². The summed E-state index contributed by atoms with van der Waals surface area (Å²) in [4.78, 5) is 39.2. The summed E-state index contributed by atoms with van der Waals surface area (Å²) >= 11 is 3.44. The fraction of sp³-hybridized carbons (Fsp3) is 0.696. The van der Waals surface area contributed by atoms with E-state index in [1.165, 1.54) is 14.0 Å². The van der Waals surface area contributed by atoms with E-state index in [1.807, 2.05) is 13.8 Å². The lowest BCUT2D eigenvalue weighted by atomic mass is 9.88. The van der Waals surface area contributed by atoms with Crippen molar-refractivity contribution < 1.29 is 42.9 Å². The summed E-state index contributed by atoms with van der Waals surface area (Å²) in [6.45, 7) is 9.11. The first kappa shape index (κ1) is 28.3. The standard InChI is InChI=1S/C23H34BrNO9/c1-13(2)20-23(4,5)34-22(29)25(20)21(28)19(30-6)18(32-14(3)27)17-12-15(24)16(33-17)8-7-10-31-11-9-26/h12-13,18-20,26H,7-11H2,1-6H3/t18-,19+,20+/m1/s1. The Morgan fingerprint density at radius 1 is 1.29 bits per heavy atom. The molecule has 1 aromatic heterocycles. The Balaban J connectivity index is 2.32. The molecule has 1 aromatic rings. The van der Waals surface area contributed by atoms with Crippen molar-refractivity contribution in [2.45, 2.75) is 71.3 Å². The summed E-state index contributed by atoms with van der Waals surface area (Å²) in [5.74, 6) is -0.650. The highest BCUT2D eigenvalue weighted by Gasteiger charge is 2.54. The van der Waals surface area contributed by atoms with Gasteiger partial charge in [0, 0.05) is 27.1 Å². The molecule has 10 nitrogen and oxygen atoms in total. The van der Waals surface area contributed by atoms with E-state index in [-0.39, 0.29) is 24.9 Å². The summed E-state index contributed by atoms with van der Waals surface area (Å²) in [6, 6.07) is 1.07. The second-order valence-electron chi connectivity index (χ2n) is 8.91. The molecule has 1 saturated heterocycles. The molecule has 0 unspecified atom stereocenters. The minimum absolute atomic E-state index is 0.0511. The van der Waals surface area contributed by atoms with E-state index in [1.54, 1.807) is 19.9 Å². The number of esters is 1. The molecule has 192 valence electrons. The Labute approximate surface area is 208 Å². The molecule has 1 fully saturated rings. The summed E-state index contributed by atoms with van der Waals surface area (Å²) in [5, 5.41) is 8.79. The van der Waals surface area contributed by atoms with Gasteiger partial charge >= 0.3 is 12.1 Å². The maximum Gasteiger partial charge on any atom is 0.417 e. The number of rotatable bonds is 12. The van der Waals surface area contributed by atoms with E-state index < -0.39 is 41.8 Å². The van der Waals surface area contributed by atoms with Crippen molar-refractivity contribution >= 4 is 33.9 Å². The first-order chi connectivity index (χ1) is 15.9. The molecule has 0 spiro atoms. The summed E-state index contributed by atoms with van der Waals surface area (Å²) < 4.78 is 28.2. The quantitative estimate of drug-likeness (QED) is 0.309. The van der Waals surface area contributed by atoms with Gasteiger partial charge in [-0.2, -0.15) is 0 Å². The van der Waals surface area contributed by atoms with Crippen LogP contribution in [0.25, 0.3) is 0 Å². The molecule has 2 heterocycles. The van der Waals surface area contributed by atoms with Crippen LogP contribution >= 0.6 is 15.9 Å². The predicted molar refractivity (Wildman–Crippen MR) is 124 cm³/mol. The lowest BCUT2D eigenvalue weighted by Crippen LogP contribution is -2.52. The van der Waals surface area contributed by atoms with E-state index >= 15 is 0 Å². The van der Waals surface area contributed by atoms with Crippen LogP contribution in [0.15, 0.2) is 15.0 Å². The van der Waals surface area contributed by atoms with Gasteiger partial charge in [-0.25, -0.2) is 9.69 Å². The van der Waals surface area contributed by atoms with Gasteiger partial charge in [0.15, 0.2) is 12.2 Å². The molecular formula is C23H34BrNO9. The Bertz CT molecular complexity index is 867. The maximum absolute atomic E-state index is 13.6. The molecule has 34 heavy (non-hydrogen) atoms. The normalized spacial score (nSPS) is 19.3. The number of carbonyl (C=O) groups excluding carboxylic acids is 3. The van der Waals surface area contributed by atoms with Crippen molar-refractivity contribution in [1.82, 2.24) is 4.90 Å². The molecule has 11 heteroatoms. The lowest BCUT2D eigenvalue weighted by Gasteiger charge is -2.33. The number of amides is 2. The number of aliphatic hydroxyl groups is 1. The zero-order valence-corrected chi connectivity index (χ0v) is 22.0. The monoisotopic (exact) mass is 547 g/mol. The fourth-order valence-corrected chi connectivity index (χ4v) is 4.77. The van der Waals surface area contributed by atoms with Crippen LogP contribution in [0.5, 0.6) is 0 Å². The molecule has 1 N–H and O–H groups in total. The highest BCUT2D eigenvalue weighted by molar-refractivity contribution is 9.10. The Kier molecular flexibility index (Phi) is 10.1. The average Bonchev–Trinajstić information content (AvgIpc) is 3.22. The third kappa shape index (κ3) is 6.59. The van der Waals surface area contributed by atoms with Crippen molar-refractivity contribution in [3.8, 4) is 0 Å². The number of carbonyl (C=O) groups is 3. The molecule has 0 radical (unpaired) electrons. The number of halogens is 1. The first-order valence-corrected chi connectivity index (χ1v) is 12.0. The van der Waals surface area contributed by atoms with Crippen molar-refractivity contribution in [2.75, 3.05) is 26.9 Å². The molecule has 1 aliphatic rings. The SMILES string of the molecule is CO[C@H](C(=O)N1C(=O)OC(C)(C)[C@@H]1C(C)C)[C@H](OC(C)=O)c1cc(Br)c(CCCOCCO)o1. The van der Waals surface area contributed by atoms with Crippen molar-refractivity contribution in [3.05, 3.63) is 22.1 Å². The summed E-state index contributed by atoms with van der Waals surface area (Å²) in [7, 11) is 1.30. The lowest BCUT2D eigenvalue weighted by molar-refractivity contribution is -0.165. The molecular weight excluding hydrogens is 514 g/mol. The highest BCUT2D eigenvalue weighted by Crippen LogP contribution is 2.37. The molecule has 2 amide bonds. The number of hydrogen-bond acceptors (Lipinski definition) is 9. The second-order valence-corrected chi connectivity index (χ2v) is 9.77. The van der Waals surface area contributed by atoms with Gasteiger partial charge in [-0.1, -0.05) is 13.8 Å². The number of methoxy groups -OCH3 is 1. The van der Waals surface area contributed by atoms with Crippen LogP contribution in [0.3, 0.4) is 0 Å². The van der Waals surface area contributed by atoms with Crippen LogP contribution in [0, 0.1) is 5.92 Å². The largest absolute Gasteiger partial charge is 0.461 e. The number of ether oxygens (including phenoxy) is 4. The number of cyclic esters (lactones) is 1. The van der Waals surface area contributed by atoms with E-state index in [4.69, 9.17) is 28.5 Å². The zero-order chi connectivity index (χ0) is 25.6. The fourth-order valence-electron chi connectivity index (χ4n) is 4.26. The second kappa shape index (κ2) is 12.1. The topological polar surface area (TPSA) is 125 Å². The van der Waals surface area contributed by atoms with Gasteiger partial charge < -0.3 is 28.5 Å². The van der Waals surface area contributed by atoms with Gasteiger partial charge in [-0.3, -0.25) is 9.59 Å². The Hall–Kier alpha value is -1.95. The number of hydrogen-bond donors (Lipinski definition) is 1. The van der Waals surface area contributed by atoms with Gasteiger partial charge in [0.2, 0.25) is 0 Å². The molecule has 0 bridgehead atoms. The van der Waals surface area contributed by atoms with E-state index in [0.717, 1.165) is 4.90 Å². The summed E-state index contributed by atoms with van der Waals surface area (Å²) in [5.41, 5.74) is -0.894. The number of nitrogens with zero attached hydrogens (tertiary/aromatic N) is 1. The van der Waals surface area contributed by atoms with Crippen LogP contribution < -0.4 is 0 Å².